The summed E-state index contributed by atoms with van der Waals surface area (Å²) in [6.45, 7) is 5.79. The van der Waals surface area contributed by atoms with Gasteiger partial charge >= 0.3 is 5.97 Å². The monoisotopic (exact) mass is 1130 g/mol. The number of aliphatic hydroxyl groups excluding tert-OH is 5. The summed E-state index contributed by atoms with van der Waals surface area (Å²) in [5, 5.41) is 57.1. The van der Waals surface area contributed by atoms with Crippen LogP contribution in [0.4, 0.5) is 0 Å². The van der Waals surface area contributed by atoms with E-state index in [0.29, 0.717) is 12.8 Å². The molecule has 0 aromatic rings. The van der Waals surface area contributed by atoms with Crippen LogP contribution in [-0.4, -0.2) is 99.6 Å². The zero-order chi connectivity index (χ0) is 58.2. The van der Waals surface area contributed by atoms with Gasteiger partial charge in [-0.15, -0.1) is 0 Å². The minimum atomic E-state index is -1.61. The van der Waals surface area contributed by atoms with Crippen LogP contribution in [0.3, 0.4) is 0 Å². The van der Waals surface area contributed by atoms with Gasteiger partial charge in [-0.05, 0) is 83.5 Å². The molecule has 468 valence electrons. The number of amides is 1. The molecule has 1 fully saturated rings. The number of hydrogen-bond acceptors (Lipinski definition) is 10. The predicted molar refractivity (Wildman–Crippen MR) is 334 cm³/mol. The van der Waals surface area contributed by atoms with Gasteiger partial charge in [-0.25, -0.2) is 0 Å². The molecule has 0 saturated carbocycles. The number of ether oxygens (including phenoxy) is 3. The van der Waals surface area contributed by atoms with Crippen LogP contribution in [0, 0.1) is 0 Å². The summed E-state index contributed by atoms with van der Waals surface area (Å²) in [6, 6.07) is -1.02. The first-order valence-electron chi connectivity index (χ1n) is 33.9. The molecule has 0 aromatic carbocycles. The molecule has 0 bridgehead atoms. The van der Waals surface area contributed by atoms with Crippen molar-refractivity contribution >= 4 is 11.9 Å². The summed E-state index contributed by atoms with van der Waals surface area (Å²) in [7, 11) is 0. The SMILES string of the molecule is CCCCC/C=C\C/C=C\CCCCCCCCCCCCCC(=O)OC1C(OCC(NC(=O)C(O)CCCCCCCCCC/C=C/CCCCCCCC)C(O)/C=C/CCCCCCCCCCCC)OC(CO)C(O)C1O. The predicted octanol–water partition coefficient (Wildman–Crippen LogP) is 16.8. The summed E-state index contributed by atoms with van der Waals surface area (Å²) in [5.74, 6) is -1.19. The second kappa shape index (κ2) is 57.1. The molecule has 0 aromatic heterocycles. The third kappa shape index (κ3) is 44.2. The Morgan fingerprint density at radius 3 is 1.31 bits per heavy atom. The fourth-order valence-corrected chi connectivity index (χ4v) is 10.6. The number of esters is 1. The molecule has 11 heteroatoms. The van der Waals surface area contributed by atoms with Crippen LogP contribution in [0.25, 0.3) is 0 Å². The third-order valence-corrected chi connectivity index (χ3v) is 16.0. The topological polar surface area (TPSA) is 175 Å². The number of unbranched alkanes of at least 4 members (excludes halogenated alkanes) is 38. The van der Waals surface area contributed by atoms with Crippen molar-refractivity contribution in [1.29, 1.82) is 0 Å². The summed E-state index contributed by atoms with van der Waals surface area (Å²) >= 11 is 0. The Morgan fingerprint density at radius 1 is 0.487 bits per heavy atom. The van der Waals surface area contributed by atoms with Crippen molar-refractivity contribution < 1.29 is 49.3 Å². The summed E-state index contributed by atoms with van der Waals surface area (Å²) in [4.78, 5) is 26.6. The van der Waals surface area contributed by atoms with Gasteiger partial charge in [0.1, 0.15) is 24.4 Å². The molecule has 0 radical (unpaired) electrons. The van der Waals surface area contributed by atoms with Gasteiger partial charge in [0.2, 0.25) is 5.91 Å². The van der Waals surface area contributed by atoms with Gasteiger partial charge in [0.05, 0.1) is 25.4 Å². The first-order valence-corrected chi connectivity index (χ1v) is 33.9. The zero-order valence-corrected chi connectivity index (χ0v) is 52.0. The van der Waals surface area contributed by atoms with Gasteiger partial charge in [-0.3, -0.25) is 9.59 Å². The van der Waals surface area contributed by atoms with Crippen molar-refractivity contribution in [2.75, 3.05) is 13.2 Å². The fourth-order valence-electron chi connectivity index (χ4n) is 10.6. The molecule has 1 rings (SSSR count). The van der Waals surface area contributed by atoms with Crippen molar-refractivity contribution in [3.05, 3.63) is 48.6 Å². The largest absolute Gasteiger partial charge is 0.454 e. The molecule has 6 N–H and O–H groups in total. The van der Waals surface area contributed by atoms with Crippen LogP contribution in [0.1, 0.15) is 316 Å². The highest BCUT2D eigenvalue weighted by Crippen LogP contribution is 2.26. The van der Waals surface area contributed by atoms with Crippen molar-refractivity contribution in [2.45, 2.75) is 365 Å². The fraction of sp³-hybridized carbons (Fsp3) is 0.855. The molecule has 1 aliphatic heterocycles. The Morgan fingerprint density at radius 2 is 0.863 bits per heavy atom. The summed E-state index contributed by atoms with van der Waals surface area (Å²) < 4.78 is 17.7. The molecule has 0 spiro atoms. The smallest absolute Gasteiger partial charge is 0.306 e. The van der Waals surface area contributed by atoms with E-state index in [9.17, 15) is 35.1 Å². The molecule has 80 heavy (non-hydrogen) atoms. The van der Waals surface area contributed by atoms with Crippen LogP contribution < -0.4 is 5.32 Å². The molecule has 1 heterocycles. The number of carbonyl (C=O) groups excluding carboxylic acids is 2. The lowest BCUT2D eigenvalue weighted by Crippen LogP contribution is -2.61. The van der Waals surface area contributed by atoms with Gasteiger partial charge in [0.25, 0.3) is 0 Å². The number of rotatable bonds is 58. The molecule has 8 unspecified atom stereocenters. The molecule has 1 amide bonds. The third-order valence-electron chi connectivity index (χ3n) is 16.0. The Balaban J connectivity index is 2.61. The van der Waals surface area contributed by atoms with Gasteiger partial charge < -0.3 is 45.1 Å². The minimum Gasteiger partial charge on any atom is -0.454 e. The average Bonchev–Trinajstić information content (AvgIpc) is 3.45. The lowest BCUT2D eigenvalue weighted by molar-refractivity contribution is -0.305. The average molecular weight is 1130 g/mol. The lowest BCUT2D eigenvalue weighted by atomic mass is 9.99. The van der Waals surface area contributed by atoms with E-state index in [1.54, 1.807) is 6.08 Å². The van der Waals surface area contributed by atoms with E-state index in [1.807, 2.05) is 6.08 Å². The number of hydrogen-bond donors (Lipinski definition) is 6. The number of carbonyl (C=O) groups is 2. The standard InChI is InChI=1S/C69H127NO10/c1-4-7-10-13-16-19-22-25-27-29-31-32-33-35-37-39-42-45-48-51-54-57-64(74)80-67-66(76)65(75)63(58-71)79-69(67)78-59-60(61(72)55-52-49-46-43-40-24-21-18-15-12-9-6-3)70-68(77)62(73)56-53-50-47-44-41-38-36-34-30-28-26-23-20-17-14-11-8-5-2/h16,19,25-28,52,55,60-63,65-67,69,71-73,75-76H,4-15,17-18,20-24,29-51,53-54,56-59H2,1-3H3,(H,70,77)/b19-16-,27-25-,28-26+,55-52+. The lowest BCUT2D eigenvalue weighted by Gasteiger charge is -2.41. The molecular weight excluding hydrogens is 1000 g/mol. The molecule has 1 saturated heterocycles. The zero-order valence-electron chi connectivity index (χ0n) is 52.0. The van der Waals surface area contributed by atoms with E-state index >= 15 is 0 Å². The maximum Gasteiger partial charge on any atom is 0.306 e. The second-order valence-corrected chi connectivity index (χ2v) is 23.6. The van der Waals surface area contributed by atoms with Gasteiger partial charge in [-0.1, -0.05) is 275 Å². The molecular formula is C69H127NO10. The number of nitrogens with one attached hydrogen (secondary N) is 1. The molecule has 11 nitrogen and oxygen atoms in total. The maximum absolute atomic E-state index is 13.5. The maximum atomic E-state index is 13.5. The van der Waals surface area contributed by atoms with Crippen LogP contribution in [0.5, 0.6) is 0 Å². The first kappa shape index (κ1) is 75.6. The van der Waals surface area contributed by atoms with E-state index in [2.05, 4.69) is 62.5 Å². The van der Waals surface area contributed by atoms with Crippen molar-refractivity contribution in [3.8, 4) is 0 Å². The van der Waals surface area contributed by atoms with Crippen LogP contribution in [0.2, 0.25) is 0 Å². The Bertz CT molecular complexity index is 1490. The highest BCUT2D eigenvalue weighted by atomic mass is 16.7. The Labute approximate surface area is 491 Å². The van der Waals surface area contributed by atoms with Crippen LogP contribution in [0.15, 0.2) is 48.6 Å². The van der Waals surface area contributed by atoms with Crippen molar-refractivity contribution in [1.82, 2.24) is 5.32 Å². The molecule has 0 aliphatic carbocycles. The van der Waals surface area contributed by atoms with Gasteiger partial charge in [-0.2, -0.15) is 0 Å². The number of aliphatic hydroxyl groups is 5. The highest BCUT2D eigenvalue weighted by molar-refractivity contribution is 5.80. The molecule has 1 aliphatic rings. The van der Waals surface area contributed by atoms with E-state index in [4.69, 9.17) is 14.2 Å². The van der Waals surface area contributed by atoms with E-state index in [0.717, 1.165) is 70.6 Å². The van der Waals surface area contributed by atoms with E-state index in [-0.39, 0.29) is 19.4 Å². The first-order chi connectivity index (χ1) is 39.2. The minimum absolute atomic E-state index is 0.122. The highest BCUT2D eigenvalue weighted by Gasteiger charge is 2.47. The van der Waals surface area contributed by atoms with Crippen molar-refractivity contribution in [3.63, 3.8) is 0 Å². The van der Waals surface area contributed by atoms with E-state index in [1.165, 1.54) is 199 Å². The van der Waals surface area contributed by atoms with Crippen LogP contribution >= 0.6 is 0 Å². The Kier molecular flexibility index (Phi) is 54.0. The normalized spacial score (nSPS) is 19.0. The summed E-state index contributed by atoms with van der Waals surface area (Å²) in [5.41, 5.74) is 0. The number of allylic oxidation sites excluding steroid dienone is 7. The van der Waals surface area contributed by atoms with E-state index < -0.39 is 67.4 Å². The molecule has 8 atom stereocenters. The van der Waals surface area contributed by atoms with Gasteiger partial charge in [0, 0.05) is 6.42 Å². The quantitative estimate of drug-likeness (QED) is 0.0195. The Hall–Kier alpha value is -2.38. The second-order valence-electron chi connectivity index (χ2n) is 23.6. The summed E-state index contributed by atoms with van der Waals surface area (Å²) in [6.07, 6.45) is 60.0. The van der Waals surface area contributed by atoms with Crippen molar-refractivity contribution in [2.24, 2.45) is 0 Å². The van der Waals surface area contributed by atoms with Gasteiger partial charge in [0.15, 0.2) is 12.4 Å². The van der Waals surface area contributed by atoms with Crippen LogP contribution in [-0.2, 0) is 23.8 Å².